The number of rotatable bonds is 20. The molecule has 0 spiro atoms. The average Bonchev–Trinajstić information content (AvgIpc) is 1.67. The smallest absolute Gasteiger partial charge is 0.336 e. The number of anilines is 1. The summed E-state index contributed by atoms with van der Waals surface area (Å²) in [5.74, 6) is -5.58. The number of nitrogens with zero attached hydrogens (tertiary/aromatic N) is 1. The highest BCUT2D eigenvalue weighted by atomic mass is 127. The fourth-order valence-corrected chi connectivity index (χ4v) is 20.7. The van der Waals surface area contributed by atoms with E-state index in [0.29, 0.717) is 92.1 Å². The first kappa shape index (κ1) is 80.4. The highest BCUT2D eigenvalue weighted by Crippen LogP contribution is 2.72. The van der Waals surface area contributed by atoms with E-state index in [2.05, 4.69) is 70.5 Å². The van der Waals surface area contributed by atoms with Crippen LogP contribution in [0.5, 0.6) is 5.75 Å². The Bertz CT molecular complexity index is 3950. The topological polar surface area (TPSA) is 439 Å². The normalized spacial score (nSPS) is 38.6. The van der Waals surface area contributed by atoms with Crippen molar-refractivity contribution in [3.8, 4) is 28.2 Å². The maximum Gasteiger partial charge on any atom is 0.336 e. The van der Waals surface area contributed by atoms with Crippen molar-refractivity contribution in [3.05, 3.63) is 82.0 Å². The number of halogens is 1. The van der Waals surface area contributed by atoms with Crippen molar-refractivity contribution in [3.63, 3.8) is 0 Å². The molecule has 1 amide bonds. The molecule has 27 nitrogen and oxygen atoms in total. The Morgan fingerprint density at radius 2 is 1.58 bits per heavy atom. The van der Waals surface area contributed by atoms with Gasteiger partial charge in [0.2, 0.25) is 11.7 Å². The number of benzene rings is 3. The molecule has 0 aromatic heterocycles. The van der Waals surface area contributed by atoms with Crippen LogP contribution in [-0.4, -0.2) is 217 Å². The summed E-state index contributed by atoms with van der Waals surface area (Å²) in [6.45, 7) is 15.0. The van der Waals surface area contributed by atoms with Crippen molar-refractivity contribution >= 4 is 80.6 Å². The van der Waals surface area contributed by atoms with Gasteiger partial charge in [0.1, 0.15) is 77.4 Å². The van der Waals surface area contributed by atoms with Gasteiger partial charge in [-0.1, -0.05) is 95.2 Å². The fourth-order valence-electron chi connectivity index (χ4n) is 18.5. The largest absolute Gasteiger partial charge is 0.508 e. The summed E-state index contributed by atoms with van der Waals surface area (Å²) in [5, 5.41) is 161. The number of carboxylic acid groups (broad SMARTS) is 1. The number of carbonyl (C=O) groups excluding carboxylic acids is 2. The van der Waals surface area contributed by atoms with E-state index >= 15 is 4.79 Å². The molecule has 2 aromatic rings. The minimum atomic E-state index is -2.79. The molecule has 2 bridgehead atoms. The minimum Gasteiger partial charge on any atom is -0.508 e. The van der Waals surface area contributed by atoms with Crippen molar-refractivity contribution in [2.24, 2.45) is 49.5 Å². The number of aliphatic hydroxyl groups excluding tert-OH is 10. The van der Waals surface area contributed by atoms with Gasteiger partial charge in [0.25, 0.3) is 0 Å². The van der Waals surface area contributed by atoms with Crippen molar-refractivity contribution in [2.45, 2.75) is 247 Å². The lowest BCUT2D eigenvalue weighted by molar-refractivity contribution is -0.360. The first-order chi connectivity index (χ1) is 49.4. The molecule has 2 aromatic carbocycles. The number of unbranched alkanes of at least 4 members (excludes halogenated alkanes) is 2. The zero-order valence-electron chi connectivity index (χ0n) is 60.4. The molecule has 4 aliphatic heterocycles. The number of fused-ring (bicyclic) bond motifs is 8. The molecular weight excluding hydrogens is 1500 g/mol. The Morgan fingerprint density at radius 1 is 0.848 bits per heavy atom. The van der Waals surface area contributed by atoms with E-state index in [0.717, 1.165) is 12.0 Å². The maximum absolute atomic E-state index is 16.4. The summed E-state index contributed by atoms with van der Waals surface area (Å²) in [6, 6.07) is 11.7. The Labute approximate surface area is 628 Å². The SMILES string of the molecule is CC1O[C@@H](C[C@@]2(OC(=O)[C@@]3(CCC(C)(C)C)C(O)CC4(C)C(=CCC5C6(C)CC[C@H](O)C(C)(/C=N/O)C(CCC54C)C6)C3I)OC(CO)[C@H](NC(=O)CCCCCNC(=S)Nc3ccc(-c4c5ccc(=O)cc-5oc5cc(O)ccc45)c(C(=O)O)c3)C(O)C2O)C(O)C(O)[C@H]1O[C@@H]1OC[C@@H](O)C(O)C1O. The number of carbonyl (C=O) groups is 3. The van der Waals surface area contributed by atoms with E-state index in [-0.39, 0.29) is 69.7 Å². The summed E-state index contributed by atoms with van der Waals surface area (Å²) in [7, 11) is 0. The van der Waals surface area contributed by atoms with Gasteiger partial charge in [-0.3, -0.25) is 14.4 Å². The monoisotopic (exact) mass is 1600 g/mol. The standard InChI is InChI=1S/C76H103IN4O23S/c1-37-63(102-67-62(93)58(89)47(85)35-99-67)61(92)59(90)50(100-37)32-76(104-68(97)75(26-25-70(2,3)4)54(87)33-74(8)46(64(75)77)19-20-52-71(5)23-22-53(86)72(6,36-79-98)38(31-71)21-24-73(52,74)7)65(94)60(91)57(51(34-82)103-76)81-55(88)12-10-9-11-27-78-69(105)80-39-13-16-42(45(28-39)66(95)96)56-43-17-14-40(83)29-48(43)101-49-30-41(84)15-18-44(49)56/h13-19,28-30,36-38,47,50-54,57-65,67,82-83,85-87,89-94,98H,9-12,20-27,31-35H2,1-8H3,(H,81,88)(H,95,96)(H2,78,80,105)/b79-36+/t37?,38?,47-,50+,51?,52?,53+,54?,57+,58?,59?,60?,61?,62?,63+,64?,65?,67+,71?,72?,73?,74?,75+,76+/m1/s1. The van der Waals surface area contributed by atoms with Crippen LogP contribution in [0.2, 0.25) is 0 Å². The quantitative estimate of drug-likeness (QED) is 0.00451. The Kier molecular flexibility index (Phi) is 23.8. The molecular formula is C76H103IN4O23S. The number of esters is 1. The van der Waals surface area contributed by atoms with Gasteiger partial charge >= 0.3 is 11.9 Å². The lowest BCUT2D eigenvalue weighted by atomic mass is 9.41. The number of amides is 1. The van der Waals surface area contributed by atoms with Gasteiger partial charge in [-0.05, 0) is 165 Å². The molecule has 24 atom stereocenters. The van der Waals surface area contributed by atoms with Crippen LogP contribution in [-0.2, 0) is 33.3 Å². The predicted octanol–water partition coefficient (Wildman–Crippen LogP) is 6.14. The molecule has 3 saturated heterocycles. The van der Waals surface area contributed by atoms with Gasteiger partial charge in [0.05, 0.1) is 59.4 Å². The number of carboxylic acids is 1. The number of allylic oxidation sites excluding steroid dienone is 2. The summed E-state index contributed by atoms with van der Waals surface area (Å²) in [5.41, 5.74) is -2.23. The molecule has 3 saturated carbocycles. The molecule has 16 N–H and O–H groups in total. The van der Waals surface area contributed by atoms with Crippen molar-refractivity contribution in [1.82, 2.24) is 10.6 Å². The second-order valence-electron chi connectivity index (χ2n) is 32.7. The highest BCUT2D eigenvalue weighted by molar-refractivity contribution is 14.1. The van der Waals surface area contributed by atoms with Gasteiger partial charge in [0.15, 0.2) is 16.8 Å². The van der Waals surface area contributed by atoms with E-state index in [4.69, 9.17) is 40.3 Å². The molecule has 16 unspecified atom stereocenters. The number of phenolic OH excluding ortho intramolecular Hbond substituents is 1. The van der Waals surface area contributed by atoms with Crippen LogP contribution in [0.4, 0.5) is 5.69 Å². The number of aromatic carboxylic acids is 1. The third-order valence-electron chi connectivity index (χ3n) is 25.0. The van der Waals surface area contributed by atoms with E-state index < -0.39 is 166 Å². The Balaban J connectivity index is 0.806. The zero-order chi connectivity index (χ0) is 76.4. The average molecular weight is 1600 g/mol. The lowest BCUT2D eigenvalue weighted by Gasteiger charge is -2.64. The van der Waals surface area contributed by atoms with E-state index in [1.54, 1.807) is 24.3 Å². The number of alkyl halides is 1. The number of nitrogens with one attached hydrogen (secondary N) is 3. The predicted molar refractivity (Wildman–Crippen MR) is 395 cm³/mol. The van der Waals surface area contributed by atoms with Crippen molar-refractivity contribution in [1.29, 1.82) is 0 Å². The van der Waals surface area contributed by atoms with Gasteiger partial charge in [0, 0.05) is 59.1 Å². The van der Waals surface area contributed by atoms with Gasteiger partial charge < -0.3 is 111 Å². The third kappa shape index (κ3) is 15.2. The second-order valence-corrected chi connectivity index (χ2v) is 34.4. The van der Waals surface area contributed by atoms with Crippen LogP contribution >= 0.6 is 34.8 Å². The van der Waals surface area contributed by atoms with Crippen LogP contribution in [0.25, 0.3) is 33.4 Å². The van der Waals surface area contributed by atoms with Gasteiger partial charge in [-0.15, -0.1) is 5.16 Å². The summed E-state index contributed by atoms with van der Waals surface area (Å²) in [6.07, 6.45) is -14.5. The number of thiocarbonyl (C=S) groups is 1. The molecule has 5 aliphatic carbocycles. The number of ether oxygens (including phenoxy) is 5. The first-order valence-electron chi connectivity index (χ1n) is 36.4. The van der Waals surface area contributed by atoms with Crippen LogP contribution < -0.4 is 21.4 Å². The van der Waals surface area contributed by atoms with Crippen LogP contribution in [0.1, 0.15) is 156 Å². The maximum atomic E-state index is 16.4. The van der Waals surface area contributed by atoms with Gasteiger partial charge in [-0.25, -0.2) is 4.79 Å². The van der Waals surface area contributed by atoms with Crippen LogP contribution in [0, 0.1) is 44.3 Å². The number of aliphatic hydroxyl groups is 10. The molecule has 6 fully saturated rings. The van der Waals surface area contributed by atoms with E-state index in [9.17, 15) is 80.9 Å². The molecule has 11 rings (SSSR count). The Morgan fingerprint density at radius 3 is 2.29 bits per heavy atom. The molecule has 29 heteroatoms. The van der Waals surface area contributed by atoms with Crippen molar-refractivity contribution in [2.75, 3.05) is 25.1 Å². The number of hydrogen-bond donors (Lipinski definition) is 16. The molecule has 105 heavy (non-hydrogen) atoms. The minimum absolute atomic E-state index is 0.0399. The lowest BCUT2D eigenvalue weighted by Crippen LogP contribution is -2.73. The summed E-state index contributed by atoms with van der Waals surface area (Å²) < 4.78 is 36.2. The Hall–Kier alpha value is -5.59. The third-order valence-corrected chi connectivity index (χ3v) is 27.0. The summed E-state index contributed by atoms with van der Waals surface area (Å²) in [4.78, 5) is 55.5. The molecule has 578 valence electrons. The molecule has 0 radical (unpaired) electrons. The number of phenols is 1. The number of oxime groups is 1. The summed E-state index contributed by atoms with van der Waals surface area (Å²) >= 11 is 7.82. The number of hydrogen-bond acceptors (Lipinski definition) is 24. The highest BCUT2D eigenvalue weighted by Gasteiger charge is 2.70. The fraction of sp³-hybridized carbons (Fsp3) is 0.658. The molecule has 9 aliphatic rings. The van der Waals surface area contributed by atoms with E-state index in [1.807, 2.05) is 27.7 Å². The van der Waals surface area contributed by atoms with E-state index in [1.165, 1.54) is 43.5 Å². The van der Waals surface area contributed by atoms with Crippen LogP contribution in [0.15, 0.2) is 80.6 Å². The van der Waals surface area contributed by atoms with Crippen LogP contribution in [0.3, 0.4) is 0 Å². The van der Waals surface area contributed by atoms with Crippen molar-refractivity contribution < 1.29 is 109 Å². The number of aromatic hydroxyl groups is 1. The van der Waals surface area contributed by atoms with Gasteiger partial charge in [-0.2, -0.15) is 0 Å². The zero-order valence-corrected chi connectivity index (χ0v) is 63.4. The molecule has 4 heterocycles. The second kappa shape index (κ2) is 31.1. The first-order valence-corrected chi connectivity index (χ1v) is 38.1.